The lowest BCUT2D eigenvalue weighted by molar-refractivity contribution is 0.0536. The summed E-state index contributed by atoms with van der Waals surface area (Å²) in [6, 6.07) is 6.67. The minimum absolute atomic E-state index is 0.0194. The number of rotatable bonds is 2. The molecular formula is C30H22F2N4O7. The summed E-state index contributed by atoms with van der Waals surface area (Å²) in [4.78, 5) is 57.8. The monoisotopic (exact) mass is 588 g/mol. The molecule has 7 rings (SSSR count). The van der Waals surface area contributed by atoms with Crippen molar-refractivity contribution in [1.29, 1.82) is 0 Å². The largest absolute Gasteiger partial charge is 0.492 e. The van der Waals surface area contributed by atoms with Crippen molar-refractivity contribution < 1.29 is 27.5 Å². The molecule has 13 heteroatoms. The quantitative estimate of drug-likeness (QED) is 0.315. The second-order valence-electron chi connectivity index (χ2n) is 11.2. The number of aromatic amines is 1. The predicted molar refractivity (Wildman–Crippen MR) is 152 cm³/mol. The Balaban J connectivity index is 1.51. The second kappa shape index (κ2) is 9.08. The molecule has 0 fully saturated rings. The van der Waals surface area contributed by atoms with Crippen molar-refractivity contribution in [3.05, 3.63) is 90.5 Å². The molecule has 43 heavy (non-hydrogen) atoms. The first-order chi connectivity index (χ1) is 20.4. The molecule has 0 saturated heterocycles. The summed E-state index contributed by atoms with van der Waals surface area (Å²) in [7, 11) is 0. The molecule has 0 saturated carbocycles. The smallest absolute Gasteiger partial charge is 0.423 e. The summed E-state index contributed by atoms with van der Waals surface area (Å²) in [5.41, 5.74) is -3.43. The molecule has 1 aliphatic heterocycles. The van der Waals surface area contributed by atoms with Gasteiger partial charge in [-0.15, -0.1) is 0 Å². The Labute approximate surface area is 238 Å². The van der Waals surface area contributed by atoms with Crippen molar-refractivity contribution in [2.24, 2.45) is 0 Å². The maximum atomic E-state index is 15.8. The topological polar surface area (TPSA) is 138 Å². The Bertz CT molecular complexity index is 2380. The lowest BCUT2D eigenvalue weighted by atomic mass is 10.1. The first-order valence-electron chi connectivity index (χ1n) is 13.3. The number of pyridine rings is 1. The van der Waals surface area contributed by atoms with Crippen molar-refractivity contribution >= 4 is 49.9 Å². The van der Waals surface area contributed by atoms with Crippen LogP contribution < -0.4 is 21.6 Å². The van der Waals surface area contributed by atoms with E-state index >= 15 is 8.78 Å². The molecule has 0 amide bonds. The number of carbonyl (C=O) groups excluding carboxylic acids is 1. The number of fused-ring (bicyclic) bond motifs is 8. The lowest BCUT2D eigenvalue weighted by Gasteiger charge is -2.20. The number of aromatic nitrogens is 4. The van der Waals surface area contributed by atoms with Gasteiger partial charge >= 0.3 is 17.4 Å². The molecule has 0 bridgehead atoms. The normalized spacial score (nSPS) is 13.2. The number of nitrogens with zero attached hydrogens (tertiary/aromatic N) is 3. The maximum absolute atomic E-state index is 15.8. The van der Waals surface area contributed by atoms with Crippen LogP contribution in [0, 0.1) is 11.6 Å². The molecule has 2 aromatic carbocycles. The number of carbonyl (C=O) groups is 1. The van der Waals surface area contributed by atoms with Gasteiger partial charge in [0, 0.05) is 34.5 Å². The van der Waals surface area contributed by atoms with Crippen LogP contribution in [0.3, 0.4) is 0 Å². The van der Waals surface area contributed by atoms with Gasteiger partial charge in [0.15, 0.2) is 0 Å². The molecule has 0 atom stereocenters. The third kappa shape index (κ3) is 4.02. The van der Waals surface area contributed by atoms with E-state index < -0.39 is 40.2 Å². The summed E-state index contributed by atoms with van der Waals surface area (Å²) in [5.74, 6) is -1.16. The van der Waals surface area contributed by atoms with Gasteiger partial charge in [-0.2, -0.15) is 4.57 Å². The standard InChI is InChI=1S/C30H22F2N4O7/c1-30(2,3)43-29(40)36-19-10-17(31)13(9-16(19)25(37)34-28(36)39)12-35-20-11-18(32)14-6-8-41-24(14)22(20)21-15-5-4-7-33-26(15)42-27(38)23(21)35/h4-5,7,9-11H,6,8,12H2,1-3H3,(H,34,37,39). The second-order valence-corrected chi connectivity index (χ2v) is 11.2. The zero-order valence-electron chi connectivity index (χ0n) is 23.0. The van der Waals surface area contributed by atoms with Crippen molar-refractivity contribution in [2.75, 3.05) is 6.61 Å². The number of H-pyrrole nitrogens is 1. The molecular weight excluding hydrogens is 566 g/mol. The van der Waals surface area contributed by atoms with Crippen LogP contribution in [0.15, 0.2) is 55.3 Å². The number of halogens is 2. The van der Waals surface area contributed by atoms with E-state index in [0.717, 1.165) is 6.07 Å². The summed E-state index contributed by atoms with van der Waals surface area (Å²) in [5, 5.41) is 1.15. The fourth-order valence-electron chi connectivity index (χ4n) is 5.65. The van der Waals surface area contributed by atoms with E-state index in [2.05, 4.69) is 9.97 Å². The average Bonchev–Trinajstić information content (AvgIpc) is 3.53. The van der Waals surface area contributed by atoms with Crippen molar-refractivity contribution in [3.63, 3.8) is 0 Å². The van der Waals surface area contributed by atoms with Gasteiger partial charge in [-0.1, -0.05) is 0 Å². The first-order valence-corrected chi connectivity index (χ1v) is 13.3. The van der Waals surface area contributed by atoms with E-state index in [1.54, 1.807) is 32.9 Å². The number of nitrogens with one attached hydrogen (secondary N) is 1. The Hall–Kier alpha value is -5.33. The fourth-order valence-corrected chi connectivity index (χ4v) is 5.65. The van der Waals surface area contributed by atoms with Gasteiger partial charge in [-0.3, -0.25) is 9.78 Å². The van der Waals surface area contributed by atoms with Gasteiger partial charge in [0.05, 0.1) is 35.0 Å². The lowest BCUT2D eigenvalue weighted by Crippen LogP contribution is -2.38. The highest BCUT2D eigenvalue weighted by molar-refractivity contribution is 6.21. The Kier molecular flexibility index (Phi) is 5.61. The number of benzene rings is 2. The number of hydrogen-bond acceptors (Lipinski definition) is 8. The van der Waals surface area contributed by atoms with Gasteiger partial charge < -0.3 is 18.5 Å². The molecule has 5 heterocycles. The molecule has 4 aromatic heterocycles. The average molecular weight is 589 g/mol. The van der Waals surface area contributed by atoms with Gasteiger partial charge in [-0.05, 0) is 51.1 Å². The van der Waals surface area contributed by atoms with E-state index in [4.69, 9.17) is 13.9 Å². The van der Waals surface area contributed by atoms with E-state index in [1.165, 1.54) is 22.9 Å². The first kappa shape index (κ1) is 26.6. The summed E-state index contributed by atoms with van der Waals surface area (Å²) >= 11 is 0. The van der Waals surface area contributed by atoms with E-state index in [-0.39, 0.29) is 52.1 Å². The Morgan fingerprint density at radius 3 is 2.60 bits per heavy atom. The Morgan fingerprint density at radius 1 is 1.07 bits per heavy atom. The van der Waals surface area contributed by atoms with Crippen LogP contribution in [-0.4, -0.2) is 37.4 Å². The highest BCUT2D eigenvalue weighted by atomic mass is 19.1. The van der Waals surface area contributed by atoms with E-state index in [9.17, 15) is 19.2 Å². The van der Waals surface area contributed by atoms with Crippen LogP contribution in [0.25, 0.3) is 43.8 Å². The highest BCUT2D eigenvalue weighted by Gasteiger charge is 2.29. The highest BCUT2D eigenvalue weighted by Crippen LogP contribution is 2.43. The molecule has 0 radical (unpaired) electrons. The van der Waals surface area contributed by atoms with Gasteiger partial charge in [0.1, 0.15) is 28.5 Å². The molecule has 1 N–H and O–H groups in total. The van der Waals surface area contributed by atoms with Gasteiger partial charge in [0.2, 0.25) is 5.71 Å². The Morgan fingerprint density at radius 2 is 1.84 bits per heavy atom. The van der Waals surface area contributed by atoms with Gasteiger partial charge in [0.25, 0.3) is 5.56 Å². The minimum atomic E-state index is -1.10. The summed E-state index contributed by atoms with van der Waals surface area (Å²) < 4.78 is 49.6. The van der Waals surface area contributed by atoms with Crippen molar-refractivity contribution in [3.8, 4) is 5.75 Å². The van der Waals surface area contributed by atoms with Gasteiger partial charge in [-0.25, -0.2) is 28.1 Å². The van der Waals surface area contributed by atoms with Crippen molar-refractivity contribution in [2.45, 2.75) is 39.3 Å². The maximum Gasteiger partial charge on any atom is 0.423 e. The van der Waals surface area contributed by atoms with E-state index in [0.29, 0.717) is 32.7 Å². The molecule has 1 aliphatic rings. The molecule has 6 aromatic rings. The third-order valence-corrected chi connectivity index (χ3v) is 7.36. The zero-order chi connectivity index (χ0) is 30.4. The molecule has 0 spiro atoms. The van der Waals surface area contributed by atoms with Crippen LogP contribution >= 0.6 is 0 Å². The third-order valence-electron chi connectivity index (χ3n) is 7.36. The predicted octanol–water partition coefficient (Wildman–Crippen LogP) is 4.34. The molecule has 0 unspecified atom stereocenters. The molecule has 11 nitrogen and oxygen atoms in total. The number of hydrogen-bond donors (Lipinski definition) is 1. The number of ether oxygens (including phenoxy) is 2. The fraction of sp³-hybridized carbons (Fsp3) is 0.233. The molecule has 218 valence electrons. The SMILES string of the molecule is CC(C)(C)OC(=O)n1c(=O)[nH]c(=O)c2cc(Cn3c4cc(F)c5c(c4c4c6cccnc6oc(=O)c43)OCC5)c(F)cc21. The van der Waals surface area contributed by atoms with Crippen LogP contribution in [0.5, 0.6) is 5.75 Å². The van der Waals surface area contributed by atoms with E-state index in [1.807, 2.05) is 0 Å². The molecule has 0 aliphatic carbocycles. The van der Waals surface area contributed by atoms with Crippen LogP contribution in [0.2, 0.25) is 0 Å². The summed E-state index contributed by atoms with van der Waals surface area (Å²) in [6.45, 7) is 4.67. The minimum Gasteiger partial charge on any atom is -0.492 e. The van der Waals surface area contributed by atoms with Crippen LogP contribution in [-0.2, 0) is 17.7 Å². The van der Waals surface area contributed by atoms with Crippen LogP contribution in [0.1, 0.15) is 31.9 Å². The zero-order valence-corrected chi connectivity index (χ0v) is 23.0. The summed E-state index contributed by atoms with van der Waals surface area (Å²) in [6.07, 6.45) is 0.703. The van der Waals surface area contributed by atoms with Crippen LogP contribution in [0.4, 0.5) is 13.6 Å². The van der Waals surface area contributed by atoms with Crippen molar-refractivity contribution in [1.82, 2.24) is 19.1 Å².